The lowest BCUT2D eigenvalue weighted by atomic mass is 10.2. The van der Waals surface area contributed by atoms with E-state index in [4.69, 9.17) is 20.7 Å². The zero-order valence-corrected chi connectivity index (χ0v) is 11.7. The van der Waals surface area contributed by atoms with E-state index in [-0.39, 0.29) is 11.5 Å². The molecular weight excluding hydrogens is 300 g/mol. The van der Waals surface area contributed by atoms with Crippen LogP contribution in [0.25, 0.3) is 0 Å². The first kappa shape index (κ1) is 14.3. The highest BCUT2D eigenvalue weighted by Gasteiger charge is 2.09. The lowest BCUT2D eigenvalue weighted by Gasteiger charge is -2.07. The second-order valence-electron chi connectivity index (χ2n) is 3.82. The fourth-order valence-electron chi connectivity index (χ4n) is 1.52. The second kappa shape index (κ2) is 5.90. The molecule has 1 heterocycles. The summed E-state index contributed by atoms with van der Waals surface area (Å²) in [5, 5.41) is 8.89. The Kier molecular flexibility index (Phi) is 4.23. The van der Waals surface area contributed by atoms with E-state index < -0.39 is 9.05 Å². The van der Waals surface area contributed by atoms with Gasteiger partial charge in [-0.1, -0.05) is 6.07 Å². The van der Waals surface area contributed by atoms with Crippen molar-refractivity contribution in [1.29, 1.82) is 5.26 Å². The molecule has 0 unspecified atom stereocenters. The summed E-state index contributed by atoms with van der Waals surface area (Å²) in [4.78, 5) is 3.92. The highest BCUT2D eigenvalue weighted by atomic mass is 35.7. The maximum Gasteiger partial charge on any atom is 0.261 e. The number of pyridine rings is 1. The normalized spacial score (nSPS) is 10.8. The molecule has 0 fully saturated rings. The zero-order chi connectivity index (χ0) is 14.6. The second-order valence-corrected chi connectivity index (χ2v) is 6.39. The summed E-state index contributed by atoms with van der Waals surface area (Å²) in [5.41, 5.74) is 0.955. The average molecular weight is 309 g/mol. The molecule has 2 aromatic rings. The molecule has 0 amide bonds. The minimum absolute atomic E-state index is 0.00519. The van der Waals surface area contributed by atoms with Gasteiger partial charge < -0.3 is 4.74 Å². The standard InChI is InChI=1S/C13H9ClN2O3S/c14-20(17,18)12-5-3-11(4-6-12)19-9-10-2-1-7-16-13(10)8-15/h1-7H,9H2. The quantitative estimate of drug-likeness (QED) is 0.810. The number of hydrogen-bond donors (Lipinski definition) is 0. The van der Waals surface area contributed by atoms with Gasteiger partial charge in [0.25, 0.3) is 9.05 Å². The molecule has 5 nitrogen and oxygen atoms in total. The summed E-state index contributed by atoms with van der Waals surface area (Å²) in [6, 6.07) is 11.1. The van der Waals surface area contributed by atoms with Crippen molar-refractivity contribution in [2.45, 2.75) is 11.5 Å². The fraction of sp³-hybridized carbons (Fsp3) is 0.0769. The van der Waals surface area contributed by atoms with Crippen LogP contribution < -0.4 is 4.74 Å². The first-order chi connectivity index (χ1) is 9.50. The van der Waals surface area contributed by atoms with Crippen molar-refractivity contribution in [3.05, 3.63) is 53.9 Å². The highest BCUT2D eigenvalue weighted by Crippen LogP contribution is 2.20. The molecule has 0 aliphatic heterocycles. The SMILES string of the molecule is N#Cc1ncccc1COc1ccc(S(=O)(=O)Cl)cc1. The van der Waals surface area contributed by atoms with Crippen LogP contribution in [0, 0.1) is 11.3 Å². The molecule has 0 spiro atoms. The molecule has 1 aromatic heterocycles. The van der Waals surface area contributed by atoms with E-state index in [1.54, 1.807) is 12.1 Å². The van der Waals surface area contributed by atoms with E-state index in [0.717, 1.165) is 0 Å². The van der Waals surface area contributed by atoms with Gasteiger partial charge in [-0.3, -0.25) is 0 Å². The van der Waals surface area contributed by atoms with Crippen molar-refractivity contribution in [3.8, 4) is 11.8 Å². The van der Waals surface area contributed by atoms with Crippen molar-refractivity contribution < 1.29 is 13.2 Å². The van der Waals surface area contributed by atoms with Gasteiger partial charge in [0.15, 0.2) is 0 Å². The molecule has 2 rings (SSSR count). The van der Waals surface area contributed by atoms with Gasteiger partial charge in [0.05, 0.1) is 4.90 Å². The number of rotatable bonds is 4. The molecule has 20 heavy (non-hydrogen) atoms. The van der Waals surface area contributed by atoms with Crippen molar-refractivity contribution in [1.82, 2.24) is 4.98 Å². The summed E-state index contributed by atoms with van der Waals surface area (Å²) in [6.45, 7) is 0.170. The number of aromatic nitrogens is 1. The number of benzene rings is 1. The smallest absolute Gasteiger partial charge is 0.261 e. The van der Waals surface area contributed by atoms with Crippen molar-refractivity contribution >= 4 is 19.7 Å². The summed E-state index contributed by atoms with van der Waals surface area (Å²) in [7, 11) is 1.48. The summed E-state index contributed by atoms with van der Waals surface area (Å²) in [5.74, 6) is 0.474. The predicted molar refractivity (Wildman–Crippen MR) is 72.8 cm³/mol. The third-order valence-corrected chi connectivity index (χ3v) is 3.87. The molecule has 102 valence electrons. The van der Waals surface area contributed by atoms with E-state index in [1.807, 2.05) is 6.07 Å². The molecule has 0 aliphatic rings. The fourth-order valence-corrected chi connectivity index (χ4v) is 2.29. The Labute approximate surface area is 120 Å². The molecule has 0 saturated heterocycles. The third kappa shape index (κ3) is 3.47. The maximum atomic E-state index is 11.1. The molecule has 0 atom stereocenters. The van der Waals surface area contributed by atoms with Crippen molar-refractivity contribution in [3.63, 3.8) is 0 Å². The van der Waals surface area contributed by atoms with Gasteiger partial charge in [-0.05, 0) is 30.3 Å². The number of halogens is 1. The van der Waals surface area contributed by atoms with Gasteiger partial charge in [0.2, 0.25) is 0 Å². The van der Waals surface area contributed by atoms with Crippen molar-refractivity contribution in [2.24, 2.45) is 0 Å². The monoisotopic (exact) mass is 308 g/mol. The molecule has 0 radical (unpaired) electrons. The molecule has 0 saturated carbocycles. The third-order valence-electron chi connectivity index (χ3n) is 2.50. The topological polar surface area (TPSA) is 80.0 Å². The first-order valence-electron chi connectivity index (χ1n) is 5.52. The van der Waals surface area contributed by atoms with Gasteiger partial charge in [-0.15, -0.1) is 0 Å². The Bertz CT molecular complexity index is 752. The summed E-state index contributed by atoms with van der Waals surface area (Å²) in [6.07, 6.45) is 1.53. The summed E-state index contributed by atoms with van der Waals surface area (Å²) >= 11 is 0. The Morgan fingerprint density at radius 3 is 2.55 bits per heavy atom. The zero-order valence-electron chi connectivity index (χ0n) is 10.2. The molecule has 0 aliphatic carbocycles. The Balaban J connectivity index is 2.10. The minimum atomic E-state index is -3.73. The lowest BCUT2D eigenvalue weighted by Crippen LogP contribution is -2.00. The van der Waals surface area contributed by atoms with Gasteiger partial charge in [0, 0.05) is 22.4 Å². The molecule has 7 heteroatoms. The Morgan fingerprint density at radius 2 is 1.95 bits per heavy atom. The Hall–Kier alpha value is -2.10. The maximum absolute atomic E-state index is 11.1. The van der Waals surface area contributed by atoms with E-state index in [0.29, 0.717) is 17.0 Å². The van der Waals surface area contributed by atoms with Crippen LogP contribution in [0.2, 0.25) is 0 Å². The first-order valence-corrected chi connectivity index (χ1v) is 7.83. The van der Waals surface area contributed by atoms with Crippen LogP contribution >= 0.6 is 10.7 Å². The highest BCUT2D eigenvalue weighted by molar-refractivity contribution is 8.13. The number of hydrogen-bond acceptors (Lipinski definition) is 5. The van der Waals surface area contributed by atoms with E-state index in [9.17, 15) is 8.42 Å². The molecule has 0 bridgehead atoms. The molecule has 0 N–H and O–H groups in total. The van der Waals surface area contributed by atoms with Gasteiger partial charge in [-0.25, -0.2) is 13.4 Å². The van der Waals surface area contributed by atoms with Crippen LogP contribution in [0.15, 0.2) is 47.5 Å². The van der Waals surface area contributed by atoms with Gasteiger partial charge in [-0.2, -0.15) is 5.26 Å². The van der Waals surface area contributed by atoms with E-state index in [2.05, 4.69) is 4.98 Å². The molecule has 1 aromatic carbocycles. The van der Waals surface area contributed by atoms with Crippen LogP contribution in [0.4, 0.5) is 0 Å². The summed E-state index contributed by atoms with van der Waals surface area (Å²) < 4.78 is 27.6. The van der Waals surface area contributed by atoms with Crippen LogP contribution in [-0.4, -0.2) is 13.4 Å². The lowest BCUT2D eigenvalue weighted by molar-refractivity contribution is 0.305. The Morgan fingerprint density at radius 1 is 1.25 bits per heavy atom. The largest absolute Gasteiger partial charge is 0.489 e. The van der Waals surface area contributed by atoms with Crippen molar-refractivity contribution in [2.75, 3.05) is 0 Å². The van der Waals surface area contributed by atoms with Gasteiger partial charge in [0.1, 0.15) is 24.1 Å². The van der Waals surface area contributed by atoms with Gasteiger partial charge >= 0.3 is 0 Å². The van der Waals surface area contributed by atoms with Crippen LogP contribution in [0.3, 0.4) is 0 Å². The molecular formula is C13H9ClN2O3S. The number of nitrogens with zero attached hydrogens (tertiary/aromatic N) is 2. The minimum Gasteiger partial charge on any atom is -0.489 e. The number of nitriles is 1. The predicted octanol–water partition coefficient (Wildman–Crippen LogP) is 2.46. The van der Waals surface area contributed by atoms with Crippen LogP contribution in [-0.2, 0) is 15.7 Å². The number of ether oxygens (including phenoxy) is 1. The van der Waals surface area contributed by atoms with E-state index in [1.165, 1.54) is 30.5 Å². The van der Waals surface area contributed by atoms with Crippen LogP contribution in [0.5, 0.6) is 5.75 Å². The average Bonchev–Trinajstić information content (AvgIpc) is 2.45. The van der Waals surface area contributed by atoms with Crippen LogP contribution in [0.1, 0.15) is 11.3 Å². The van der Waals surface area contributed by atoms with E-state index >= 15 is 0 Å².